The summed E-state index contributed by atoms with van der Waals surface area (Å²) in [5.74, 6) is 2.30. The maximum atomic E-state index is 5.56. The van der Waals surface area contributed by atoms with Gasteiger partial charge in [-0.15, -0.1) is 0 Å². The quantitative estimate of drug-likeness (QED) is 0.655. The molecule has 3 aromatic heterocycles. The summed E-state index contributed by atoms with van der Waals surface area (Å²) in [7, 11) is 2.04. The molecule has 26 heavy (non-hydrogen) atoms. The monoisotopic (exact) mass is 352 g/mol. The van der Waals surface area contributed by atoms with Crippen molar-refractivity contribution in [3.8, 4) is 11.3 Å². The highest BCUT2D eigenvalue weighted by atomic mass is 16.5. The van der Waals surface area contributed by atoms with Crippen LogP contribution in [0.5, 0.6) is 0 Å². The standard InChI is InChI=1S/C20H24N4O2/c1-24(13-17-11-19(22-25-17)15-5-3-2-4-6-15)14-18-12-20(23-26-18)16-7-9-21-10-8-16/h7-12,15H,2-6,13-14H2,1H3. The van der Waals surface area contributed by atoms with E-state index in [4.69, 9.17) is 9.05 Å². The van der Waals surface area contributed by atoms with Crippen LogP contribution in [0, 0.1) is 0 Å². The van der Waals surface area contributed by atoms with Gasteiger partial charge >= 0.3 is 0 Å². The van der Waals surface area contributed by atoms with Gasteiger partial charge in [-0.3, -0.25) is 9.88 Å². The Morgan fingerprint density at radius 2 is 1.65 bits per heavy atom. The molecule has 1 aliphatic rings. The predicted molar refractivity (Wildman–Crippen MR) is 97.2 cm³/mol. The second kappa shape index (κ2) is 7.83. The van der Waals surface area contributed by atoms with Crippen LogP contribution in [0.1, 0.15) is 55.2 Å². The molecule has 0 amide bonds. The van der Waals surface area contributed by atoms with E-state index in [1.54, 1.807) is 12.4 Å². The molecule has 1 saturated carbocycles. The van der Waals surface area contributed by atoms with Crippen molar-refractivity contribution < 1.29 is 9.05 Å². The molecule has 0 radical (unpaired) electrons. The van der Waals surface area contributed by atoms with Crippen LogP contribution in [-0.2, 0) is 13.1 Å². The summed E-state index contributed by atoms with van der Waals surface area (Å²) in [4.78, 5) is 6.17. The first-order valence-electron chi connectivity index (χ1n) is 9.28. The molecule has 0 aromatic carbocycles. The van der Waals surface area contributed by atoms with E-state index in [0.29, 0.717) is 19.0 Å². The van der Waals surface area contributed by atoms with E-state index in [-0.39, 0.29) is 0 Å². The summed E-state index contributed by atoms with van der Waals surface area (Å²) in [5.41, 5.74) is 2.95. The fourth-order valence-corrected chi connectivity index (χ4v) is 3.63. The molecule has 0 unspecified atom stereocenters. The molecule has 0 bridgehead atoms. The molecular formula is C20H24N4O2. The summed E-state index contributed by atoms with van der Waals surface area (Å²) in [5, 5.41) is 8.45. The first-order chi connectivity index (χ1) is 12.8. The zero-order valence-electron chi connectivity index (χ0n) is 15.1. The summed E-state index contributed by atoms with van der Waals surface area (Å²) < 4.78 is 11.0. The van der Waals surface area contributed by atoms with Gasteiger partial charge in [-0.25, -0.2) is 0 Å². The van der Waals surface area contributed by atoms with E-state index in [2.05, 4.69) is 26.3 Å². The Labute approximate surface area is 153 Å². The van der Waals surface area contributed by atoms with Crippen molar-refractivity contribution in [2.45, 2.75) is 51.1 Å². The maximum Gasteiger partial charge on any atom is 0.151 e. The predicted octanol–water partition coefficient (Wildman–Crippen LogP) is 4.40. The van der Waals surface area contributed by atoms with Gasteiger partial charge in [-0.1, -0.05) is 29.6 Å². The van der Waals surface area contributed by atoms with E-state index in [0.717, 1.165) is 28.5 Å². The Kier molecular flexibility index (Phi) is 5.11. The number of hydrogen-bond acceptors (Lipinski definition) is 6. The minimum Gasteiger partial charge on any atom is -0.360 e. The summed E-state index contributed by atoms with van der Waals surface area (Å²) in [6.45, 7) is 1.36. The smallest absolute Gasteiger partial charge is 0.151 e. The zero-order chi connectivity index (χ0) is 17.8. The fourth-order valence-electron chi connectivity index (χ4n) is 3.63. The number of nitrogens with zero attached hydrogens (tertiary/aromatic N) is 4. The van der Waals surface area contributed by atoms with Crippen molar-refractivity contribution >= 4 is 0 Å². The van der Waals surface area contributed by atoms with Crippen LogP contribution < -0.4 is 0 Å². The number of rotatable bonds is 6. The summed E-state index contributed by atoms with van der Waals surface area (Å²) in [6.07, 6.45) is 9.93. The van der Waals surface area contributed by atoms with Crippen LogP contribution in [-0.4, -0.2) is 27.2 Å². The Morgan fingerprint density at radius 3 is 2.42 bits per heavy atom. The minimum absolute atomic E-state index is 0.573. The van der Waals surface area contributed by atoms with Gasteiger partial charge in [-0.2, -0.15) is 0 Å². The largest absolute Gasteiger partial charge is 0.360 e. The SMILES string of the molecule is CN(Cc1cc(-c2ccncc2)no1)Cc1cc(C2CCCCC2)no1. The first kappa shape index (κ1) is 17.0. The van der Waals surface area contributed by atoms with E-state index in [9.17, 15) is 0 Å². The van der Waals surface area contributed by atoms with Gasteiger partial charge in [0.05, 0.1) is 18.8 Å². The number of pyridine rings is 1. The third-order valence-corrected chi connectivity index (χ3v) is 4.99. The van der Waals surface area contributed by atoms with Crippen LogP contribution in [0.2, 0.25) is 0 Å². The molecule has 3 heterocycles. The van der Waals surface area contributed by atoms with Crippen LogP contribution in [0.3, 0.4) is 0 Å². The minimum atomic E-state index is 0.573. The molecule has 0 saturated heterocycles. The van der Waals surface area contributed by atoms with Gasteiger partial charge in [0.1, 0.15) is 5.69 Å². The molecular weight excluding hydrogens is 328 g/mol. The molecule has 0 aliphatic heterocycles. The highest BCUT2D eigenvalue weighted by Gasteiger charge is 2.20. The average molecular weight is 352 g/mol. The van der Waals surface area contributed by atoms with Gasteiger partial charge in [0.2, 0.25) is 0 Å². The molecule has 0 N–H and O–H groups in total. The molecule has 6 heteroatoms. The van der Waals surface area contributed by atoms with Crippen LogP contribution in [0.15, 0.2) is 45.7 Å². The van der Waals surface area contributed by atoms with Crippen molar-refractivity contribution in [3.63, 3.8) is 0 Å². The molecule has 0 atom stereocenters. The Balaban J connectivity index is 1.35. The van der Waals surface area contributed by atoms with Gasteiger partial charge in [0.25, 0.3) is 0 Å². The van der Waals surface area contributed by atoms with Crippen molar-refractivity contribution in [2.24, 2.45) is 0 Å². The van der Waals surface area contributed by atoms with Gasteiger partial charge in [0.15, 0.2) is 11.5 Å². The van der Waals surface area contributed by atoms with Crippen molar-refractivity contribution in [3.05, 3.63) is 53.9 Å². The molecule has 1 fully saturated rings. The lowest BCUT2D eigenvalue weighted by atomic mass is 9.87. The third kappa shape index (κ3) is 4.02. The third-order valence-electron chi connectivity index (χ3n) is 4.99. The van der Waals surface area contributed by atoms with Gasteiger partial charge in [0, 0.05) is 36.0 Å². The van der Waals surface area contributed by atoms with Crippen molar-refractivity contribution in [1.82, 2.24) is 20.2 Å². The second-order valence-corrected chi connectivity index (χ2v) is 7.14. The lowest BCUT2D eigenvalue weighted by Gasteiger charge is -2.18. The van der Waals surface area contributed by atoms with Crippen LogP contribution in [0.4, 0.5) is 0 Å². The topological polar surface area (TPSA) is 68.2 Å². The average Bonchev–Trinajstić information content (AvgIpc) is 3.33. The van der Waals surface area contributed by atoms with Gasteiger partial charge in [-0.05, 0) is 32.0 Å². The first-order valence-corrected chi connectivity index (χ1v) is 9.28. The highest BCUT2D eigenvalue weighted by Crippen LogP contribution is 2.32. The molecule has 6 nitrogen and oxygen atoms in total. The molecule has 1 aliphatic carbocycles. The zero-order valence-corrected chi connectivity index (χ0v) is 15.1. The van der Waals surface area contributed by atoms with E-state index < -0.39 is 0 Å². The normalized spacial score (nSPS) is 15.6. The highest BCUT2D eigenvalue weighted by molar-refractivity contribution is 5.57. The lowest BCUT2D eigenvalue weighted by Crippen LogP contribution is -2.16. The molecule has 136 valence electrons. The van der Waals surface area contributed by atoms with Crippen molar-refractivity contribution in [2.75, 3.05) is 7.05 Å². The van der Waals surface area contributed by atoms with E-state index >= 15 is 0 Å². The second-order valence-electron chi connectivity index (χ2n) is 7.14. The van der Waals surface area contributed by atoms with Crippen molar-refractivity contribution in [1.29, 1.82) is 0 Å². The summed E-state index contributed by atoms with van der Waals surface area (Å²) >= 11 is 0. The Bertz CT molecular complexity index is 821. The number of hydrogen-bond donors (Lipinski definition) is 0. The molecule has 4 rings (SSSR count). The Hall–Kier alpha value is -2.47. The van der Waals surface area contributed by atoms with Crippen LogP contribution >= 0.6 is 0 Å². The van der Waals surface area contributed by atoms with Gasteiger partial charge < -0.3 is 9.05 Å². The Morgan fingerprint density at radius 1 is 0.962 bits per heavy atom. The van der Waals surface area contributed by atoms with E-state index in [1.165, 1.54) is 32.1 Å². The summed E-state index contributed by atoms with van der Waals surface area (Å²) in [6, 6.07) is 7.94. The molecule has 0 spiro atoms. The number of aromatic nitrogens is 3. The van der Waals surface area contributed by atoms with Crippen LogP contribution in [0.25, 0.3) is 11.3 Å². The molecule has 3 aromatic rings. The lowest BCUT2D eigenvalue weighted by molar-refractivity contribution is 0.237. The maximum absolute atomic E-state index is 5.56. The van der Waals surface area contributed by atoms with E-state index in [1.807, 2.05) is 25.2 Å². The fraction of sp³-hybridized carbons (Fsp3) is 0.450.